The summed E-state index contributed by atoms with van der Waals surface area (Å²) in [6.07, 6.45) is 0. The van der Waals surface area contributed by atoms with Crippen molar-refractivity contribution in [2.75, 3.05) is 11.1 Å². The van der Waals surface area contributed by atoms with Crippen molar-refractivity contribution < 1.29 is 22.5 Å². The Morgan fingerprint density at radius 1 is 1.24 bits per heavy atom. The molecule has 0 saturated carbocycles. The molecule has 11 heteroatoms. The Hall–Kier alpha value is -3.05. The maximum Gasteiger partial charge on any atom is 0.295 e. The lowest BCUT2D eigenvalue weighted by atomic mass is 10.1. The first kappa shape index (κ1) is 18.3. The van der Waals surface area contributed by atoms with Crippen LogP contribution < -0.4 is 16.2 Å². The molecule has 0 heterocycles. The summed E-state index contributed by atoms with van der Waals surface area (Å²) in [5, 5.41) is 18.1. The van der Waals surface area contributed by atoms with Gasteiger partial charge < -0.3 is 11.1 Å². The van der Waals surface area contributed by atoms with E-state index >= 15 is 0 Å². The van der Waals surface area contributed by atoms with Gasteiger partial charge in [0.25, 0.3) is 11.6 Å². The number of nitrogens with zero attached hydrogens (tertiary/aromatic N) is 1. The molecule has 2 aromatic carbocycles. The van der Waals surface area contributed by atoms with E-state index in [0.717, 1.165) is 6.07 Å². The Morgan fingerprint density at radius 2 is 1.84 bits per heavy atom. The van der Waals surface area contributed by atoms with Gasteiger partial charge in [-0.3, -0.25) is 14.9 Å². The Kier molecular flexibility index (Phi) is 4.99. The number of nitrogen functional groups attached to an aromatic ring is 1. The second kappa shape index (κ2) is 6.83. The van der Waals surface area contributed by atoms with E-state index in [9.17, 15) is 27.7 Å². The van der Waals surface area contributed by atoms with E-state index < -0.39 is 38.0 Å². The second-order valence-corrected chi connectivity index (χ2v) is 6.72. The molecule has 0 fully saturated rings. The quantitative estimate of drug-likeness (QED) is 0.410. The molecule has 2 aromatic rings. The van der Waals surface area contributed by atoms with Gasteiger partial charge in [0.15, 0.2) is 0 Å². The molecule has 132 valence electrons. The molecule has 9 nitrogen and oxygen atoms in total. The highest BCUT2D eigenvalue weighted by atomic mass is 32.2. The van der Waals surface area contributed by atoms with E-state index in [1.54, 1.807) is 0 Å². The number of nitrogens with one attached hydrogen (secondary N) is 1. The number of nitrogens with two attached hydrogens (primary N) is 2. The summed E-state index contributed by atoms with van der Waals surface area (Å²) in [7, 11) is -3.69. The molecule has 0 bridgehead atoms. The highest BCUT2D eigenvalue weighted by Crippen LogP contribution is 2.27. The summed E-state index contributed by atoms with van der Waals surface area (Å²) in [6.45, 7) is 0. The minimum absolute atomic E-state index is 0.259. The first-order chi connectivity index (χ1) is 11.6. The molecule has 0 aliphatic rings. The summed E-state index contributed by atoms with van der Waals surface area (Å²) < 4.78 is 35.5. The molecule has 2 rings (SSSR count). The molecule has 0 aliphatic heterocycles. The number of carbonyl (C=O) groups excluding carboxylic acids is 1. The molecule has 0 aliphatic carbocycles. The smallest absolute Gasteiger partial charge is 0.295 e. The molecule has 0 radical (unpaired) electrons. The molecular weight excluding hydrogens is 355 g/mol. The van der Waals surface area contributed by atoms with Crippen molar-refractivity contribution in [1.82, 2.24) is 0 Å². The highest BCUT2D eigenvalue weighted by Gasteiger charge is 2.21. The molecule has 0 aromatic heterocycles. The Morgan fingerprint density at radius 3 is 2.36 bits per heavy atom. The highest BCUT2D eigenvalue weighted by molar-refractivity contribution is 7.88. The lowest BCUT2D eigenvalue weighted by molar-refractivity contribution is -0.384. The maximum atomic E-state index is 13.5. The largest absolute Gasteiger partial charge is 0.393 e. The van der Waals surface area contributed by atoms with Crippen LogP contribution in [-0.4, -0.2) is 19.2 Å². The standard InChI is InChI=1S/C14H13FN4O5S/c15-9-5-11(13(16)12(6-9)19(21)22)14(20)18-10-3-1-8(2-4-10)7-25(17,23)24/h1-6H,7,16H2,(H,18,20)(H2,17,23,24). The molecule has 0 saturated heterocycles. The average Bonchev–Trinajstić information content (AvgIpc) is 2.49. The molecule has 1 amide bonds. The van der Waals surface area contributed by atoms with Crippen LogP contribution in [0.2, 0.25) is 0 Å². The van der Waals surface area contributed by atoms with Crippen molar-refractivity contribution in [3.63, 3.8) is 0 Å². The number of primary sulfonamides is 1. The normalized spacial score (nSPS) is 11.1. The number of nitro benzene ring substituents is 1. The summed E-state index contributed by atoms with van der Waals surface area (Å²) >= 11 is 0. The van der Waals surface area contributed by atoms with Crippen LogP contribution >= 0.6 is 0 Å². The molecular formula is C14H13FN4O5S. The zero-order valence-corrected chi connectivity index (χ0v) is 13.4. The monoisotopic (exact) mass is 368 g/mol. The van der Waals surface area contributed by atoms with Crippen LogP contribution in [0, 0.1) is 15.9 Å². The lowest BCUT2D eigenvalue weighted by Gasteiger charge is -2.09. The minimum Gasteiger partial charge on any atom is -0.393 e. The summed E-state index contributed by atoms with van der Waals surface area (Å²) in [6, 6.07) is 7.07. The van der Waals surface area contributed by atoms with Gasteiger partial charge in [-0.15, -0.1) is 0 Å². The molecule has 0 spiro atoms. The number of nitro groups is 1. The fraction of sp³-hybridized carbons (Fsp3) is 0.0714. The van der Waals surface area contributed by atoms with Crippen LogP contribution in [0.4, 0.5) is 21.5 Å². The third-order valence-corrected chi connectivity index (χ3v) is 3.88. The van der Waals surface area contributed by atoms with E-state index in [0.29, 0.717) is 11.6 Å². The van der Waals surface area contributed by atoms with Crippen LogP contribution in [0.1, 0.15) is 15.9 Å². The predicted molar refractivity (Wildman–Crippen MR) is 88.7 cm³/mol. The third-order valence-electron chi connectivity index (χ3n) is 3.14. The predicted octanol–water partition coefficient (Wildman–Crippen LogP) is 1.36. The van der Waals surface area contributed by atoms with Crippen LogP contribution in [0.5, 0.6) is 0 Å². The maximum absolute atomic E-state index is 13.5. The van der Waals surface area contributed by atoms with Gasteiger partial charge >= 0.3 is 0 Å². The molecule has 25 heavy (non-hydrogen) atoms. The number of carbonyl (C=O) groups is 1. The van der Waals surface area contributed by atoms with E-state index in [1.165, 1.54) is 24.3 Å². The first-order valence-electron chi connectivity index (χ1n) is 6.71. The Balaban J connectivity index is 2.24. The van der Waals surface area contributed by atoms with Crippen molar-refractivity contribution in [3.8, 4) is 0 Å². The molecule has 5 N–H and O–H groups in total. The zero-order chi connectivity index (χ0) is 18.8. The van der Waals surface area contributed by atoms with Crippen LogP contribution in [0.25, 0.3) is 0 Å². The van der Waals surface area contributed by atoms with Gasteiger partial charge in [0.2, 0.25) is 10.0 Å². The number of hydrogen-bond donors (Lipinski definition) is 3. The number of hydrogen-bond acceptors (Lipinski definition) is 6. The second-order valence-electron chi connectivity index (χ2n) is 5.10. The number of benzene rings is 2. The van der Waals surface area contributed by atoms with Crippen LogP contribution in [0.15, 0.2) is 36.4 Å². The molecule has 0 atom stereocenters. The third kappa shape index (κ3) is 4.71. The van der Waals surface area contributed by atoms with Gasteiger partial charge in [0.1, 0.15) is 11.5 Å². The van der Waals surface area contributed by atoms with Gasteiger partial charge in [-0.1, -0.05) is 12.1 Å². The summed E-state index contributed by atoms with van der Waals surface area (Å²) in [5.74, 6) is -2.20. The van der Waals surface area contributed by atoms with E-state index in [2.05, 4.69) is 5.32 Å². The van der Waals surface area contributed by atoms with Gasteiger partial charge in [-0.05, 0) is 23.8 Å². The van der Waals surface area contributed by atoms with Crippen molar-refractivity contribution in [2.45, 2.75) is 5.75 Å². The number of rotatable bonds is 5. The topological polar surface area (TPSA) is 158 Å². The molecule has 0 unspecified atom stereocenters. The van der Waals surface area contributed by atoms with Crippen LogP contribution in [-0.2, 0) is 15.8 Å². The Bertz CT molecular complexity index is 944. The first-order valence-corrected chi connectivity index (χ1v) is 8.42. The zero-order valence-electron chi connectivity index (χ0n) is 12.6. The SMILES string of the molecule is Nc1c(C(=O)Nc2ccc(CS(N)(=O)=O)cc2)cc(F)cc1[N+](=O)[O-]. The van der Waals surface area contributed by atoms with E-state index in [-0.39, 0.29) is 17.0 Å². The van der Waals surface area contributed by atoms with Gasteiger partial charge in [-0.25, -0.2) is 17.9 Å². The van der Waals surface area contributed by atoms with Crippen molar-refractivity contribution in [3.05, 3.63) is 63.5 Å². The van der Waals surface area contributed by atoms with Gasteiger partial charge in [0, 0.05) is 5.69 Å². The minimum atomic E-state index is -3.69. The van der Waals surface area contributed by atoms with Gasteiger partial charge in [-0.2, -0.15) is 0 Å². The van der Waals surface area contributed by atoms with Gasteiger partial charge in [0.05, 0.1) is 22.3 Å². The van der Waals surface area contributed by atoms with Crippen LogP contribution in [0.3, 0.4) is 0 Å². The number of sulfonamides is 1. The number of halogens is 1. The summed E-state index contributed by atoms with van der Waals surface area (Å²) in [4.78, 5) is 22.1. The van der Waals surface area contributed by atoms with Crippen molar-refractivity contribution in [2.24, 2.45) is 5.14 Å². The summed E-state index contributed by atoms with van der Waals surface area (Å²) in [5.41, 5.74) is 4.65. The van der Waals surface area contributed by atoms with E-state index in [4.69, 9.17) is 10.9 Å². The lowest BCUT2D eigenvalue weighted by Crippen LogP contribution is -2.16. The van der Waals surface area contributed by atoms with Crippen molar-refractivity contribution in [1.29, 1.82) is 0 Å². The fourth-order valence-electron chi connectivity index (χ4n) is 2.06. The fourth-order valence-corrected chi connectivity index (χ4v) is 2.71. The number of anilines is 2. The van der Waals surface area contributed by atoms with Crippen molar-refractivity contribution >= 4 is 33.0 Å². The van der Waals surface area contributed by atoms with E-state index in [1.807, 2.05) is 0 Å². The number of amides is 1. The Labute approximate surface area is 141 Å². The average molecular weight is 368 g/mol.